The van der Waals surface area contributed by atoms with Gasteiger partial charge >= 0.3 is 5.97 Å². The van der Waals surface area contributed by atoms with Crippen LogP contribution in [0.4, 0.5) is 0 Å². The topological polar surface area (TPSA) is 69.6 Å². The van der Waals surface area contributed by atoms with E-state index in [1.807, 2.05) is 7.05 Å². The molecule has 5 nitrogen and oxygen atoms in total. The summed E-state index contributed by atoms with van der Waals surface area (Å²) in [5.41, 5.74) is 0. The van der Waals surface area contributed by atoms with Crippen LogP contribution in [0.15, 0.2) is 0 Å². The largest absolute Gasteiger partial charge is 0.481 e. The second-order valence-electron chi connectivity index (χ2n) is 3.11. The summed E-state index contributed by atoms with van der Waals surface area (Å²) in [6, 6.07) is 0. The molecule has 0 radical (unpaired) electrons. The van der Waals surface area contributed by atoms with Gasteiger partial charge in [0.05, 0.1) is 0 Å². The van der Waals surface area contributed by atoms with E-state index in [4.69, 9.17) is 5.11 Å². The van der Waals surface area contributed by atoms with Crippen molar-refractivity contribution in [3.05, 3.63) is 0 Å². The van der Waals surface area contributed by atoms with Gasteiger partial charge in [-0.05, 0) is 13.5 Å². The normalized spacial score (nSPS) is 9.86. The molecule has 5 heteroatoms. The number of likely N-dealkylation sites (N-methyl/N-ethyl adjacent to an activating group) is 1. The Labute approximate surface area is 84.1 Å². The van der Waals surface area contributed by atoms with Gasteiger partial charge in [-0.1, -0.05) is 0 Å². The van der Waals surface area contributed by atoms with E-state index in [1.165, 1.54) is 6.92 Å². The fraction of sp³-hybridized carbons (Fsp3) is 0.778. The first-order valence-electron chi connectivity index (χ1n) is 4.70. The molecular weight excluding hydrogens is 184 g/mol. The van der Waals surface area contributed by atoms with Crippen LogP contribution >= 0.6 is 0 Å². The zero-order valence-corrected chi connectivity index (χ0v) is 8.75. The third kappa shape index (κ3) is 6.42. The zero-order chi connectivity index (χ0) is 11.0. The standard InChI is InChI=1S/C9H18N2O3/c1-8(12)11(7-5-10-2)6-3-4-9(13)14/h10H,3-7H2,1-2H3,(H,13,14). The minimum Gasteiger partial charge on any atom is -0.481 e. The van der Waals surface area contributed by atoms with E-state index < -0.39 is 5.97 Å². The number of carbonyl (C=O) groups excluding carboxylic acids is 1. The summed E-state index contributed by atoms with van der Waals surface area (Å²) >= 11 is 0. The molecule has 0 unspecified atom stereocenters. The third-order valence-electron chi connectivity index (χ3n) is 1.90. The van der Waals surface area contributed by atoms with Gasteiger partial charge in [-0.2, -0.15) is 0 Å². The molecule has 0 spiro atoms. The van der Waals surface area contributed by atoms with Crippen molar-refractivity contribution in [2.45, 2.75) is 19.8 Å². The summed E-state index contributed by atoms with van der Waals surface area (Å²) < 4.78 is 0. The summed E-state index contributed by atoms with van der Waals surface area (Å²) in [5, 5.41) is 11.4. The van der Waals surface area contributed by atoms with Crippen molar-refractivity contribution in [1.82, 2.24) is 10.2 Å². The molecule has 0 heterocycles. The molecule has 0 rings (SSSR count). The average molecular weight is 202 g/mol. The van der Waals surface area contributed by atoms with Gasteiger partial charge in [0.25, 0.3) is 0 Å². The highest BCUT2D eigenvalue weighted by atomic mass is 16.4. The Morgan fingerprint density at radius 2 is 2.00 bits per heavy atom. The number of amides is 1. The quantitative estimate of drug-likeness (QED) is 0.606. The number of carboxylic acids is 1. The molecule has 0 atom stereocenters. The van der Waals surface area contributed by atoms with E-state index in [0.717, 1.165) is 6.54 Å². The van der Waals surface area contributed by atoms with Crippen molar-refractivity contribution in [2.75, 3.05) is 26.7 Å². The highest BCUT2D eigenvalue weighted by molar-refractivity contribution is 5.73. The number of rotatable bonds is 7. The van der Waals surface area contributed by atoms with E-state index in [0.29, 0.717) is 19.5 Å². The maximum Gasteiger partial charge on any atom is 0.303 e. The molecule has 0 aromatic rings. The van der Waals surface area contributed by atoms with Crippen LogP contribution in [0.5, 0.6) is 0 Å². The lowest BCUT2D eigenvalue weighted by Gasteiger charge is -2.20. The van der Waals surface area contributed by atoms with Crippen molar-refractivity contribution in [3.63, 3.8) is 0 Å². The van der Waals surface area contributed by atoms with Crippen LogP contribution in [-0.2, 0) is 9.59 Å². The Balaban J connectivity index is 3.73. The van der Waals surface area contributed by atoms with Crippen LogP contribution in [0, 0.1) is 0 Å². The number of nitrogens with zero attached hydrogens (tertiary/aromatic N) is 1. The summed E-state index contributed by atoms with van der Waals surface area (Å²) in [5.74, 6) is -0.826. The number of carbonyl (C=O) groups is 2. The van der Waals surface area contributed by atoms with Crippen LogP contribution in [0.1, 0.15) is 19.8 Å². The number of hydrogen-bond acceptors (Lipinski definition) is 3. The van der Waals surface area contributed by atoms with E-state index in [-0.39, 0.29) is 12.3 Å². The summed E-state index contributed by atoms with van der Waals surface area (Å²) in [4.78, 5) is 23.0. The second kappa shape index (κ2) is 7.32. The molecular formula is C9H18N2O3. The molecule has 2 N–H and O–H groups in total. The van der Waals surface area contributed by atoms with Crippen LogP contribution in [0.25, 0.3) is 0 Å². The van der Waals surface area contributed by atoms with Gasteiger partial charge < -0.3 is 15.3 Å². The monoisotopic (exact) mass is 202 g/mol. The molecule has 0 saturated heterocycles. The third-order valence-corrected chi connectivity index (χ3v) is 1.90. The number of carboxylic acid groups (broad SMARTS) is 1. The van der Waals surface area contributed by atoms with E-state index >= 15 is 0 Å². The molecule has 0 aliphatic heterocycles. The highest BCUT2D eigenvalue weighted by Crippen LogP contribution is 1.95. The van der Waals surface area contributed by atoms with Gasteiger partial charge in [0.1, 0.15) is 0 Å². The van der Waals surface area contributed by atoms with Crippen molar-refractivity contribution >= 4 is 11.9 Å². The minimum absolute atomic E-state index is 0.00867. The van der Waals surface area contributed by atoms with Crippen LogP contribution in [-0.4, -0.2) is 48.6 Å². The first kappa shape index (κ1) is 12.9. The van der Waals surface area contributed by atoms with Gasteiger partial charge in [0.2, 0.25) is 5.91 Å². The predicted molar refractivity (Wildman–Crippen MR) is 53.1 cm³/mol. The van der Waals surface area contributed by atoms with Gasteiger partial charge in [-0.3, -0.25) is 9.59 Å². The molecule has 0 aliphatic rings. The first-order chi connectivity index (χ1) is 6.57. The fourth-order valence-electron chi connectivity index (χ4n) is 1.09. The minimum atomic E-state index is -0.817. The maximum absolute atomic E-state index is 11.1. The Morgan fingerprint density at radius 1 is 1.36 bits per heavy atom. The summed E-state index contributed by atoms with van der Waals surface area (Å²) in [7, 11) is 1.82. The Kier molecular flexibility index (Phi) is 6.74. The van der Waals surface area contributed by atoms with Crippen molar-refractivity contribution in [2.24, 2.45) is 0 Å². The van der Waals surface area contributed by atoms with Crippen molar-refractivity contribution in [1.29, 1.82) is 0 Å². The lowest BCUT2D eigenvalue weighted by molar-refractivity contribution is -0.138. The second-order valence-corrected chi connectivity index (χ2v) is 3.11. The van der Waals surface area contributed by atoms with E-state index in [1.54, 1.807) is 4.90 Å². The molecule has 0 aromatic heterocycles. The zero-order valence-electron chi connectivity index (χ0n) is 8.75. The first-order valence-corrected chi connectivity index (χ1v) is 4.70. The SMILES string of the molecule is CNCCN(CCCC(=O)O)C(C)=O. The molecule has 0 saturated carbocycles. The maximum atomic E-state index is 11.1. The van der Waals surface area contributed by atoms with Gasteiger partial charge in [-0.25, -0.2) is 0 Å². The van der Waals surface area contributed by atoms with Crippen molar-refractivity contribution < 1.29 is 14.7 Å². The summed E-state index contributed by atoms with van der Waals surface area (Å²) in [6.45, 7) is 3.37. The van der Waals surface area contributed by atoms with E-state index in [9.17, 15) is 9.59 Å². The Morgan fingerprint density at radius 3 is 2.43 bits per heavy atom. The lowest BCUT2D eigenvalue weighted by atomic mass is 10.3. The number of nitrogens with one attached hydrogen (secondary N) is 1. The lowest BCUT2D eigenvalue weighted by Crippen LogP contribution is -2.35. The molecule has 0 bridgehead atoms. The Hall–Kier alpha value is -1.10. The van der Waals surface area contributed by atoms with Gasteiger partial charge in [0.15, 0.2) is 0 Å². The molecule has 1 amide bonds. The number of aliphatic carboxylic acids is 1. The molecule has 82 valence electrons. The van der Waals surface area contributed by atoms with Crippen LogP contribution in [0.2, 0.25) is 0 Å². The smallest absolute Gasteiger partial charge is 0.303 e. The van der Waals surface area contributed by atoms with Gasteiger partial charge in [-0.15, -0.1) is 0 Å². The molecule has 0 aromatic carbocycles. The van der Waals surface area contributed by atoms with Crippen LogP contribution in [0.3, 0.4) is 0 Å². The molecule has 0 fully saturated rings. The summed E-state index contributed by atoms with van der Waals surface area (Å²) in [6.07, 6.45) is 0.627. The number of hydrogen-bond donors (Lipinski definition) is 2. The van der Waals surface area contributed by atoms with Gasteiger partial charge in [0, 0.05) is 33.0 Å². The fourth-order valence-corrected chi connectivity index (χ4v) is 1.09. The van der Waals surface area contributed by atoms with Crippen molar-refractivity contribution in [3.8, 4) is 0 Å². The predicted octanol–water partition coefficient (Wildman–Crippen LogP) is -0.0809. The molecule has 14 heavy (non-hydrogen) atoms. The average Bonchev–Trinajstić information content (AvgIpc) is 2.09. The Bertz CT molecular complexity index is 194. The van der Waals surface area contributed by atoms with Crippen LogP contribution < -0.4 is 5.32 Å². The molecule has 0 aliphatic carbocycles. The highest BCUT2D eigenvalue weighted by Gasteiger charge is 2.07. The van der Waals surface area contributed by atoms with E-state index in [2.05, 4.69) is 5.32 Å².